The molecule has 1 aliphatic carbocycles. The van der Waals surface area contributed by atoms with E-state index >= 15 is 0 Å². The van der Waals surface area contributed by atoms with Gasteiger partial charge in [0.2, 0.25) is 0 Å². The number of aromatic nitrogens is 1. The summed E-state index contributed by atoms with van der Waals surface area (Å²) in [5.41, 5.74) is 5.27. The standard InChI is InChI=1S/C29H38N4O2S2/c1-3-30-14-11-21-23(27(37-25(21)20-30)32-12-7-8-13-32)19-31-15-17-33(18-16-31)28-26(29(34)35-4-2)22-9-5-6-10-24(22)36-28/h7-8,12-13H,3-6,9-11,14-20H2,1-2H3. The number of likely N-dealkylation sites (N-methyl/N-ethyl adjacent to an activating group) is 1. The van der Waals surface area contributed by atoms with Crippen LogP contribution in [-0.4, -0.2) is 66.2 Å². The van der Waals surface area contributed by atoms with Gasteiger partial charge in [0, 0.05) is 73.5 Å². The maximum Gasteiger partial charge on any atom is 0.341 e. The van der Waals surface area contributed by atoms with E-state index < -0.39 is 0 Å². The Hall–Kier alpha value is -2.13. The molecular formula is C29H38N4O2S2. The van der Waals surface area contributed by atoms with Crippen LogP contribution in [0.2, 0.25) is 0 Å². The molecule has 3 aliphatic rings. The first-order valence-corrected chi connectivity index (χ1v) is 15.6. The zero-order chi connectivity index (χ0) is 25.4. The van der Waals surface area contributed by atoms with Crippen molar-refractivity contribution < 1.29 is 9.53 Å². The molecule has 0 radical (unpaired) electrons. The molecule has 0 saturated carbocycles. The molecule has 0 bridgehead atoms. The first-order valence-electron chi connectivity index (χ1n) is 13.9. The second-order valence-electron chi connectivity index (χ2n) is 10.4. The minimum atomic E-state index is -0.123. The van der Waals surface area contributed by atoms with Gasteiger partial charge in [-0.15, -0.1) is 22.7 Å². The molecule has 5 heterocycles. The van der Waals surface area contributed by atoms with Gasteiger partial charge in [-0.2, -0.15) is 0 Å². The number of ether oxygens (including phenoxy) is 1. The van der Waals surface area contributed by atoms with Crippen LogP contribution in [0.25, 0.3) is 5.00 Å². The summed E-state index contributed by atoms with van der Waals surface area (Å²) in [7, 11) is 0. The number of rotatable bonds is 7. The van der Waals surface area contributed by atoms with Crippen LogP contribution in [0.15, 0.2) is 24.5 Å². The molecule has 0 amide bonds. The summed E-state index contributed by atoms with van der Waals surface area (Å²) in [4.78, 5) is 23.6. The maximum absolute atomic E-state index is 13.0. The zero-order valence-corrected chi connectivity index (χ0v) is 23.8. The van der Waals surface area contributed by atoms with Gasteiger partial charge >= 0.3 is 5.97 Å². The van der Waals surface area contributed by atoms with Crippen molar-refractivity contribution in [1.82, 2.24) is 14.4 Å². The lowest BCUT2D eigenvalue weighted by molar-refractivity contribution is 0.0526. The molecule has 0 N–H and O–H groups in total. The lowest BCUT2D eigenvalue weighted by atomic mass is 9.95. The SMILES string of the molecule is CCOC(=O)c1c(N2CCN(Cc3c(-n4cccc4)sc4c3CCN(CC)C4)CC2)sc2c1CCCC2. The summed E-state index contributed by atoms with van der Waals surface area (Å²) in [6.07, 6.45) is 10.0. The second-order valence-corrected chi connectivity index (χ2v) is 12.5. The predicted molar refractivity (Wildman–Crippen MR) is 153 cm³/mol. The minimum Gasteiger partial charge on any atom is -0.462 e. The Balaban J connectivity index is 1.21. The lowest BCUT2D eigenvalue weighted by Crippen LogP contribution is -2.46. The highest BCUT2D eigenvalue weighted by molar-refractivity contribution is 7.16. The van der Waals surface area contributed by atoms with Gasteiger partial charge in [-0.05, 0) is 68.8 Å². The van der Waals surface area contributed by atoms with Crippen molar-refractivity contribution in [3.63, 3.8) is 0 Å². The number of hydrogen-bond donors (Lipinski definition) is 0. The average Bonchev–Trinajstić information content (AvgIpc) is 3.66. The lowest BCUT2D eigenvalue weighted by Gasteiger charge is -2.36. The Labute approximate surface area is 228 Å². The van der Waals surface area contributed by atoms with E-state index in [0.29, 0.717) is 6.61 Å². The predicted octanol–water partition coefficient (Wildman–Crippen LogP) is 5.36. The number of esters is 1. The largest absolute Gasteiger partial charge is 0.462 e. The van der Waals surface area contributed by atoms with E-state index in [9.17, 15) is 4.79 Å². The number of thiophene rings is 2. The summed E-state index contributed by atoms with van der Waals surface area (Å²) in [5.74, 6) is -0.123. The van der Waals surface area contributed by atoms with Gasteiger partial charge in [0.05, 0.1) is 12.2 Å². The van der Waals surface area contributed by atoms with Crippen molar-refractivity contribution in [1.29, 1.82) is 0 Å². The van der Waals surface area contributed by atoms with Gasteiger partial charge in [0.1, 0.15) is 10.0 Å². The molecule has 2 aliphatic heterocycles. The molecule has 8 heteroatoms. The van der Waals surface area contributed by atoms with E-state index in [1.807, 2.05) is 29.6 Å². The smallest absolute Gasteiger partial charge is 0.341 e. The van der Waals surface area contributed by atoms with Crippen LogP contribution in [-0.2, 0) is 37.1 Å². The number of hydrogen-bond acceptors (Lipinski definition) is 7. The number of fused-ring (bicyclic) bond motifs is 2. The minimum absolute atomic E-state index is 0.123. The molecule has 0 atom stereocenters. The fourth-order valence-electron chi connectivity index (χ4n) is 6.14. The van der Waals surface area contributed by atoms with Crippen molar-refractivity contribution in [3.8, 4) is 5.00 Å². The number of aryl methyl sites for hydroxylation is 1. The van der Waals surface area contributed by atoms with E-state index in [0.717, 1.165) is 82.2 Å². The molecule has 6 rings (SSSR count). The Bertz CT molecular complexity index is 1240. The van der Waals surface area contributed by atoms with Crippen LogP contribution in [0.3, 0.4) is 0 Å². The van der Waals surface area contributed by atoms with E-state index in [2.05, 4.69) is 50.7 Å². The summed E-state index contributed by atoms with van der Waals surface area (Å²) >= 11 is 3.84. The van der Waals surface area contributed by atoms with Crippen LogP contribution in [0, 0.1) is 0 Å². The normalized spacial score (nSPS) is 18.6. The molecule has 198 valence electrons. The molecule has 1 saturated heterocycles. The highest BCUT2D eigenvalue weighted by atomic mass is 32.1. The van der Waals surface area contributed by atoms with Crippen LogP contribution in [0.5, 0.6) is 0 Å². The molecular weight excluding hydrogens is 500 g/mol. The van der Waals surface area contributed by atoms with E-state index in [1.165, 1.54) is 33.8 Å². The van der Waals surface area contributed by atoms with Gasteiger partial charge in [0.15, 0.2) is 0 Å². The van der Waals surface area contributed by atoms with Gasteiger partial charge in [-0.3, -0.25) is 9.80 Å². The third-order valence-electron chi connectivity index (χ3n) is 8.18. The number of carbonyl (C=O) groups excluding carboxylic acids is 1. The van der Waals surface area contributed by atoms with Crippen LogP contribution in [0.4, 0.5) is 5.00 Å². The molecule has 0 unspecified atom stereocenters. The molecule has 3 aromatic rings. The molecule has 37 heavy (non-hydrogen) atoms. The van der Waals surface area contributed by atoms with E-state index in [4.69, 9.17) is 4.74 Å². The van der Waals surface area contributed by atoms with Crippen LogP contribution in [0.1, 0.15) is 63.5 Å². The molecule has 0 spiro atoms. The van der Waals surface area contributed by atoms with Crippen molar-refractivity contribution in [3.05, 3.63) is 56.5 Å². The van der Waals surface area contributed by atoms with Gasteiger partial charge in [-0.25, -0.2) is 4.79 Å². The van der Waals surface area contributed by atoms with Gasteiger partial charge in [0.25, 0.3) is 0 Å². The Morgan fingerprint density at radius 1 is 0.865 bits per heavy atom. The van der Waals surface area contributed by atoms with Crippen molar-refractivity contribution in [2.75, 3.05) is 50.8 Å². The molecule has 6 nitrogen and oxygen atoms in total. The summed E-state index contributed by atoms with van der Waals surface area (Å²) in [5, 5.41) is 2.55. The van der Waals surface area contributed by atoms with Crippen LogP contribution >= 0.6 is 22.7 Å². The summed E-state index contributed by atoms with van der Waals surface area (Å²) < 4.78 is 7.83. The summed E-state index contributed by atoms with van der Waals surface area (Å²) in [6, 6.07) is 4.25. The second kappa shape index (κ2) is 10.9. The quantitative estimate of drug-likeness (QED) is 0.379. The topological polar surface area (TPSA) is 41.0 Å². The number of anilines is 1. The van der Waals surface area contributed by atoms with Crippen LogP contribution < -0.4 is 4.90 Å². The number of piperazine rings is 1. The first kappa shape index (κ1) is 25.2. The Kier molecular flexibility index (Phi) is 7.43. The van der Waals surface area contributed by atoms with Crippen molar-refractivity contribution in [2.24, 2.45) is 0 Å². The average molecular weight is 539 g/mol. The van der Waals surface area contributed by atoms with Gasteiger partial charge < -0.3 is 14.2 Å². The van der Waals surface area contributed by atoms with Crippen molar-refractivity contribution in [2.45, 2.75) is 59.0 Å². The Morgan fingerprint density at radius 2 is 1.62 bits per heavy atom. The third kappa shape index (κ3) is 4.89. The Morgan fingerprint density at radius 3 is 2.38 bits per heavy atom. The molecule has 3 aromatic heterocycles. The number of nitrogens with zero attached hydrogens (tertiary/aromatic N) is 4. The molecule has 0 aromatic carbocycles. The fourth-order valence-corrected chi connectivity index (χ4v) is 8.93. The summed E-state index contributed by atoms with van der Waals surface area (Å²) in [6.45, 7) is 12.9. The zero-order valence-electron chi connectivity index (χ0n) is 22.1. The third-order valence-corrected chi connectivity index (χ3v) is 10.8. The monoisotopic (exact) mass is 538 g/mol. The molecule has 1 fully saturated rings. The van der Waals surface area contributed by atoms with Gasteiger partial charge in [-0.1, -0.05) is 6.92 Å². The fraction of sp³-hybridized carbons (Fsp3) is 0.552. The van der Waals surface area contributed by atoms with E-state index in [1.54, 1.807) is 10.4 Å². The highest BCUT2D eigenvalue weighted by Crippen LogP contribution is 2.41. The maximum atomic E-state index is 13.0. The number of carbonyl (C=O) groups is 1. The highest BCUT2D eigenvalue weighted by Gasteiger charge is 2.31. The van der Waals surface area contributed by atoms with Crippen molar-refractivity contribution >= 4 is 33.6 Å². The first-order chi connectivity index (χ1) is 18.2. The van der Waals surface area contributed by atoms with E-state index in [-0.39, 0.29) is 5.97 Å².